The molecule has 7 heteroatoms. The molecule has 0 bridgehead atoms. The molecule has 7 nitrogen and oxygen atoms in total. The van der Waals surface area contributed by atoms with Crippen molar-refractivity contribution in [2.45, 2.75) is 38.9 Å². The van der Waals surface area contributed by atoms with Crippen LogP contribution in [-0.2, 0) is 4.74 Å². The van der Waals surface area contributed by atoms with Crippen LogP contribution in [0.5, 0.6) is 0 Å². The number of carbonyl (C=O) groups excluding carboxylic acids is 1. The first-order chi connectivity index (χ1) is 9.01. The highest BCUT2D eigenvalue weighted by Crippen LogP contribution is 2.14. The van der Waals surface area contributed by atoms with Crippen molar-refractivity contribution < 1.29 is 14.6 Å². The van der Waals surface area contributed by atoms with Crippen molar-refractivity contribution in [2.24, 2.45) is 0 Å². The van der Waals surface area contributed by atoms with Crippen LogP contribution < -0.4 is 0 Å². The van der Waals surface area contributed by atoms with Crippen molar-refractivity contribution >= 4 is 5.91 Å². The molecular formula is C12H20N4O3. The van der Waals surface area contributed by atoms with E-state index in [-0.39, 0.29) is 36.5 Å². The summed E-state index contributed by atoms with van der Waals surface area (Å²) in [5.74, 6) is 0.845. The highest BCUT2D eigenvalue weighted by Gasteiger charge is 2.30. The number of morpholine rings is 1. The van der Waals surface area contributed by atoms with Crippen LogP contribution >= 0.6 is 0 Å². The molecule has 2 unspecified atom stereocenters. The van der Waals surface area contributed by atoms with Gasteiger partial charge in [0.25, 0.3) is 5.91 Å². The topological polar surface area (TPSA) is 91.3 Å². The maximum Gasteiger partial charge on any atom is 0.293 e. The molecule has 1 amide bonds. The maximum absolute atomic E-state index is 12.3. The second-order valence-corrected chi connectivity index (χ2v) is 5.16. The third kappa shape index (κ3) is 3.10. The van der Waals surface area contributed by atoms with E-state index in [0.29, 0.717) is 18.9 Å². The zero-order valence-corrected chi connectivity index (χ0v) is 11.5. The predicted molar refractivity (Wildman–Crippen MR) is 67.8 cm³/mol. The van der Waals surface area contributed by atoms with Crippen LogP contribution in [-0.4, -0.2) is 63.0 Å². The number of nitrogens with zero attached hydrogens (tertiary/aromatic N) is 3. The van der Waals surface area contributed by atoms with Gasteiger partial charge in [-0.3, -0.25) is 9.89 Å². The van der Waals surface area contributed by atoms with Gasteiger partial charge in [-0.1, -0.05) is 13.8 Å². The summed E-state index contributed by atoms with van der Waals surface area (Å²) in [5, 5.41) is 15.9. The van der Waals surface area contributed by atoms with Crippen molar-refractivity contribution in [1.82, 2.24) is 20.1 Å². The summed E-state index contributed by atoms with van der Waals surface area (Å²) in [4.78, 5) is 18.1. The number of carbonyl (C=O) groups is 1. The number of amides is 1. The largest absolute Gasteiger partial charge is 0.394 e. The standard InChI is InChI=1S/C12H20N4O3/c1-7(2)10-13-11(15-14-10)12(18)16-4-8(3)19-9(5-16)6-17/h7-9,17H,4-6H2,1-3H3,(H,13,14,15). The Morgan fingerprint density at radius 2 is 2.32 bits per heavy atom. The molecule has 2 rings (SSSR count). The molecule has 19 heavy (non-hydrogen) atoms. The summed E-state index contributed by atoms with van der Waals surface area (Å²) in [6, 6.07) is 0. The van der Waals surface area contributed by atoms with Gasteiger partial charge in [-0.15, -0.1) is 5.10 Å². The minimum absolute atomic E-state index is 0.0979. The van der Waals surface area contributed by atoms with Gasteiger partial charge in [0.2, 0.25) is 5.82 Å². The van der Waals surface area contributed by atoms with E-state index >= 15 is 0 Å². The molecule has 2 N–H and O–H groups in total. The summed E-state index contributed by atoms with van der Waals surface area (Å²) < 4.78 is 5.50. The van der Waals surface area contributed by atoms with E-state index in [2.05, 4.69) is 15.2 Å². The highest BCUT2D eigenvalue weighted by molar-refractivity contribution is 5.90. The lowest BCUT2D eigenvalue weighted by Gasteiger charge is -2.35. The number of aliphatic hydroxyl groups excluding tert-OH is 1. The first-order valence-electron chi connectivity index (χ1n) is 6.49. The molecule has 2 atom stereocenters. The van der Waals surface area contributed by atoms with E-state index in [4.69, 9.17) is 9.84 Å². The Morgan fingerprint density at radius 3 is 2.89 bits per heavy atom. The average Bonchev–Trinajstić information content (AvgIpc) is 2.86. The maximum atomic E-state index is 12.3. The van der Waals surface area contributed by atoms with Gasteiger partial charge in [0.15, 0.2) is 0 Å². The fraction of sp³-hybridized carbons (Fsp3) is 0.750. The molecular weight excluding hydrogens is 248 g/mol. The smallest absolute Gasteiger partial charge is 0.293 e. The minimum Gasteiger partial charge on any atom is -0.394 e. The summed E-state index contributed by atoms with van der Waals surface area (Å²) in [5.41, 5.74) is 0. The van der Waals surface area contributed by atoms with Crippen LogP contribution in [0.1, 0.15) is 43.1 Å². The Hall–Kier alpha value is -1.47. The first kappa shape index (κ1) is 14.0. The number of ether oxygens (including phenoxy) is 1. The van der Waals surface area contributed by atoms with Crippen LogP contribution in [0.3, 0.4) is 0 Å². The zero-order chi connectivity index (χ0) is 14.0. The lowest BCUT2D eigenvalue weighted by Crippen LogP contribution is -2.50. The van der Waals surface area contributed by atoms with E-state index in [1.807, 2.05) is 20.8 Å². The summed E-state index contributed by atoms with van der Waals surface area (Å²) in [7, 11) is 0. The van der Waals surface area contributed by atoms with Crippen LogP contribution in [0.15, 0.2) is 0 Å². The van der Waals surface area contributed by atoms with E-state index in [0.717, 1.165) is 0 Å². The summed E-state index contributed by atoms with van der Waals surface area (Å²) in [6.07, 6.45) is -0.436. The van der Waals surface area contributed by atoms with E-state index in [9.17, 15) is 4.79 Å². The second-order valence-electron chi connectivity index (χ2n) is 5.16. The summed E-state index contributed by atoms with van der Waals surface area (Å²) in [6.45, 7) is 6.59. The first-order valence-corrected chi connectivity index (χ1v) is 6.49. The minimum atomic E-state index is -0.337. The molecule has 1 aliphatic rings. The molecule has 1 fully saturated rings. The van der Waals surface area contributed by atoms with Crippen molar-refractivity contribution in [3.8, 4) is 0 Å². The fourth-order valence-electron chi connectivity index (χ4n) is 2.08. The number of nitrogens with one attached hydrogen (secondary N) is 1. The molecule has 106 valence electrons. The van der Waals surface area contributed by atoms with Gasteiger partial charge in [-0.05, 0) is 6.92 Å². The number of aliphatic hydroxyl groups is 1. The molecule has 0 aromatic carbocycles. The predicted octanol–water partition coefficient (Wildman–Crippen LogP) is 0.150. The molecule has 0 saturated carbocycles. The number of aromatic nitrogens is 3. The van der Waals surface area contributed by atoms with Gasteiger partial charge < -0.3 is 14.7 Å². The second kappa shape index (κ2) is 5.66. The number of H-pyrrole nitrogens is 1. The fourth-order valence-corrected chi connectivity index (χ4v) is 2.08. The number of aromatic amines is 1. The van der Waals surface area contributed by atoms with Gasteiger partial charge in [0, 0.05) is 19.0 Å². The normalized spacial score (nSPS) is 23.9. The van der Waals surface area contributed by atoms with E-state index in [1.165, 1.54) is 0 Å². The molecule has 1 aliphatic heterocycles. The molecule has 0 spiro atoms. The molecule has 1 aromatic heterocycles. The van der Waals surface area contributed by atoms with Crippen molar-refractivity contribution in [2.75, 3.05) is 19.7 Å². The Morgan fingerprint density at radius 1 is 1.58 bits per heavy atom. The van der Waals surface area contributed by atoms with Crippen LogP contribution in [0.25, 0.3) is 0 Å². The Balaban J connectivity index is 2.09. The average molecular weight is 268 g/mol. The van der Waals surface area contributed by atoms with Crippen molar-refractivity contribution in [3.63, 3.8) is 0 Å². The Kier molecular flexibility index (Phi) is 4.16. The van der Waals surface area contributed by atoms with Crippen LogP contribution in [0.2, 0.25) is 0 Å². The van der Waals surface area contributed by atoms with E-state index < -0.39 is 0 Å². The molecule has 1 aromatic rings. The number of hydrogen-bond acceptors (Lipinski definition) is 5. The monoisotopic (exact) mass is 268 g/mol. The van der Waals surface area contributed by atoms with Gasteiger partial charge in [-0.25, -0.2) is 4.98 Å². The van der Waals surface area contributed by atoms with Crippen LogP contribution in [0.4, 0.5) is 0 Å². The van der Waals surface area contributed by atoms with Crippen molar-refractivity contribution in [3.05, 3.63) is 11.6 Å². The van der Waals surface area contributed by atoms with Crippen molar-refractivity contribution in [1.29, 1.82) is 0 Å². The number of hydrogen-bond donors (Lipinski definition) is 2. The lowest BCUT2D eigenvalue weighted by atomic mass is 10.2. The SMILES string of the molecule is CC1CN(C(=O)c2n[nH]c(C(C)C)n2)CC(CO)O1. The van der Waals surface area contributed by atoms with E-state index in [1.54, 1.807) is 4.90 Å². The molecule has 1 saturated heterocycles. The summed E-state index contributed by atoms with van der Waals surface area (Å²) >= 11 is 0. The molecule has 2 heterocycles. The van der Waals surface area contributed by atoms with Crippen LogP contribution in [0, 0.1) is 0 Å². The highest BCUT2D eigenvalue weighted by atomic mass is 16.5. The third-order valence-corrected chi connectivity index (χ3v) is 3.06. The Bertz CT molecular complexity index is 446. The quantitative estimate of drug-likeness (QED) is 0.814. The van der Waals surface area contributed by atoms with Gasteiger partial charge in [-0.2, -0.15) is 0 Å². The molecule has 0 radical (unpaired) electrons. The number of rotatable bonds is 3. The van der Waals surface area contributed by atoms with Gasteiger partial charge >= 0.3 is 0 Å². The third-order valence-electron chi connectivity index (χ3n) is 3.06. The molecule has 0 aliphatic carbocycles. The lowest BCUT2D eigenvalue weighted by molar-refractivity contribution is -0.0860. The zero-order valence-electron chi connectivity index (χ0n) is 11.5. The Labute approximate surface area is 112 Å². The van der Waals surface area contributed by atoms with Gasteiger partial charge in [0.05, 0.1) is 18.8 Å². The van der Waals surface area contributed by atoms with Gasteiger partial charge in [0.1, 0.15) is 5.82 Å².